The zero-order valence-electron chi connectivity index (χ0n) is 13.2. The van der Waals surface area contributed by atoms with Crippen LogP contribution in [0, 0.1) is 12.8 Å². The Hall–Kier alpha value is -1.35. The van der Waals surface area contributed by atoms with Crippen LogP contribution in [0.5, 0.6) is 0 Å². The summed E-state index contributed by atoms with van der Waals surface area (Å²) in [5, 5.41) is 3.63. The molecule has 1 N–H and O–H groups in total. The summed E-state index contributed by atoms with van der Waals surface area (Å²) in [5.74, 6) is 0.809. The van der Waals surface area contributed by atoms with Crippen molar-refractivity contribution in [1.82, 2.24) is 14.7 Å². The fourth-order valence-corrected chi connectivity index (χ4v) is 2.58. The van der Waals surface area contributed by atoms with Crippen LogP contribution in [0.15, 0.2) is 24.4 Å². The minimum Gasteiger partial charge on any atom is -0.309 e. The summed E-state index contributed by atoms with van der Waals surface area (Å²) in [6.07, 6.45) is 5.96. The van der Waals surface area contributed by atoms with Crippen molar-refractivity contribution in [2.24, 2.45) is 5.92 Å². The standard InChI is InChI=1S/C17H27N3/c1-13(2)8-7-9-14(3)18-12-16-15(4)19-17-10-5-6-11-20(16)17/h5-6,10-11,13-14,18H,7-9,12H2,1-4H3. The van der Waals surface area contributed by atoms with Gasteiger partial charge in [-0.25, -0.2) is 4.98 Å². The lowest BCUT2D eigenvalue weighted by molar-refractivity contribution is 0.454. The molecule has 0 spiro atoms. The Morgan fingerprint density at radius 3 is 2.75 bits per heavy atom. The van der Waals surface area contributed by atoms with Crippen molar-refractivity contribution < 1.29 is 0 Å². The third-order valence-corrected chi connectivity index (χ3v) is 3.87. The lowest BCUT2D eigenvalue weighted by Gasteiger charge is -2.14. The molecule has 0 amide bonds. The SMILES string of the molecule is Cc1nc2ccccn2c1CNC(C)CCCC(C)C. The number of pyridine rings is 1. The summed E-state index contributed by atoms with van der Waals surface area (Å²) in [4.78, 5) is 4.60. The molecule has 2 rings (SSSR count). The third kappa shape index (κ3) is 3.83. The minimum absolute atomic E-state index is 0.558. The number of imidazole rings is 1. The Balaban J connectivity index is 1.90. The molecule has 1 unspecified atom stereocenters. The average molecular weight is 273 g/mol. The molecule has 2 aromatic heterocycles. The van der Waals surface area contributed by atoms with E-state index in [9.17, 15) is 0 Å². The van der Waals surface area contributed by atoms with Gasteiger partial charge in [-0.15, -0.1) is 0 Å². The molecule has 1 atom stereocenters. The Morgan fingerprint density at radius 1 is 1.20 bits per heavy atom. The van der Waals surface area contributed by atoms with Crippen LogP contribution in [-0.4, -0.2) is 15.4 Å². The first-order valence-corrected chi connectivity index (χ1v) is 7.74. The maximum atomic E-state index is 4.60. The van der Waals surface area contributed by atoms with Gasteiger partial charge in [0.2, 0.25) is 0 Å². The molecule has 2 heterocycles. The average Bonchev–Trinajstić information content (AvgIpc) is 2.71. The highest BCUT2D eigenvalue weighted by Gasteiger charge is 2.09. The summed E-state index contributed by atoms with van der Waals surface area (Å²) in [7, 11) is 0. The quantitative estimate of drug-likeness (QED) is 0.827. The number of hydrogen-bond acceptors (Lipinski definition) is 2. The highest BCUT2D eigenvalue weighted by Crippen LogP contribution is 2.13. The van der Waals surface area contributed by atoms with Crippen molar-refractivity contribution in [2.45, 2.75) is 59.5 Å². The monoisotopic (exact) mass is 273 g/mol. The Kier molecular flexibility index (Phi) is 5.18. The van der Waals surface area contributed by atoms with Crippen LogP contribution in [-0.2, 0) is 6.54 Å². The summed E-state index contributed by atoms with van der Waals surface area (Å²) in [6, 6.07) is 6.71. The zero-order chi connectivity index (χ0) is 14.5. The van der Waals surface area contributed by atoms with Gasteiger partial charge in [0.15, 0.2) is 0 Å². The van der Waals surface area contributed by atoms with E-state index in [2.05, 4.69) is 60.7 Å². The maximum absolute atomic E-state index is 4.60. The Labute approximate surface area is 122 Å². The molecule has 3 nitrogen and oxygen atoms in total. The van der Waals surface area contributed by atoms with Gasteiger partial charge in [0, 0.05) is 18.8 Å². The number of nitrogens with one attached hydrogen (secondary N) is 1. The van der Waals surface area contributed by atoms with Gasteiger partial charge in [-0.1, -0.05) is 32.8 Å². The fourth-order valence-electron chi connectivity index (χ4n) is 2.58. The number of hydrogen-bond donors (Lipinski definition) is 1. The van der Waals surface area contributed by atoms with E-state index >= 15 is 0 Å². The van der Waals surface area contributed by atoms with Crippen LogP contribution >= 0.6 is 0 Å². The summed E-state index contributed by atoms with van der Waals surface area (Å²) in [6.45, 7) is 9.84. The van der Waals surface area contributed by atoms with E-state index in [0.717, 1.165) is 23.8 Å². The van der Waals surface area contributed by atoms with Gasteiger partial charge < -0.3 is 9.72 Å². The van der Waals surface area contributed by atoms with Gasteiger partial charge in [-0.05, 0) is 38.3 Å². The number of fused-ring (bicyclic) bond motifs is 1. The normalized spacial score (nSPS) is 13.2. The molecule has 0 aromatic carbocycles. The molecule has 0 saturated carbocycles. The van der Waals surface area contributed by atoms with Crippen molar-refractivity contribution in [3.8, 4) is 0 Å². The molecule has 0 saturated heterocycles. The predicted molar refractivity (Wildman–Crippen MR) is 84.9 cm³/mol. The van der Waals surface area contributed by atoms with Gasteiger partial charge in [0.25, 0.3) is 0 Å². The largest absolute Gasteiger partial charge is 0.309 e. The molecule has 20 heavy (non-hydrogen) atoms. The summed E-state index contributed by atoms with van der Waals surface area (Å²) < 4.78 is 2.18. The van der Waals surface area contributed by atoms with E-state index in [1.807, 2.05) is 6.07 Å². The second-order valence-corrected chi connectivity index (χ2v) is 6.18. The molecule has 0 bridgehead atoms. The highest BCUT2D eigenvalue weighted by atomic mass is 15.0. The van der Waals surface area contributed by atoms with E-state index in [-0.39, 0.29) is 0 Å². The Morgan fingerprint density at radius 2 is 2.00 bits per heavy atom. The van der Waals surface area contributed by atoms with E-state index in [1.54, 1.807) is 0 Å². The van der Waals surface area contributed by atoms with Crippen molar-refractivity contribution >= 4 is 5.65 Å². The third-order valence-electron chi connectivity index (χ3n) is 3.87. The van der Waals surface area contributed by atoms with Crippen molar-refractivity contribution in [3.63, 3.8) is 0 Å². The van der Waals surface area contributed by atoms with Crippen LogP contribution in [0.3, 0.4) is 0 Å². The van der Waals surface area contributed by atoms with E-state index < -0.39 is 0 Å². The molecule has 0 aliphatic rings. The number of rotatable bonds is 7. The van der Waals surface area contributed by atoms with E-state index in [4.69, 9.17) is 0 Å². The van der Waals surface area contributed by atoms with Gasteiger partial charge in [-0.3, -0.25) is 0 Å². The lowest BCUT2D eigenvalue weighted by Crippen LogP contribution is -2.26. The summed E-state index contributed by atoms with van der Waals surface area (Å²) in [5.41, 5.74) is 3.43. The smallest absolute Gasteiger partial charge is 0.137 e. The van der Waals surface area contributed by atoms with Crippen LogP contribution in [0.4, 0.5) is 0 Å². The van der Waals surface area contributed by atoms with Crippen LogP contribution in [0.25, 0.3) is 5.65 Å². The maximum Gasteiger partial charge on any atom is 0.137 e. The van der Waals surface area contributed by atoms with Crippen LogP contribution in [0.2, 0.25) is 0 Å². The molecule has 110 valence electrons. The lowest BCUT2D eigenvalue weighted by atomic mass is 10.0. The van der Waals surface area contributed by atoms with Gasteiger partial charge in [0.05, 0.1) is 11.4 Å². The number of aryl methyl sites for hydroxylation is 1. The van der Waals surface area contributed by atoms with Gasteiger partial charge in [-0.2, -0.15) is 0 Å². The van der Waals surface area contributed by atoms with Gasteiger partial charge in [0.1, 0.15) is 5.65 Å². The van der Waals surface area contributed by atoms with Crippen LogP contribution in [0.1, 0.15) is 51.4 Å². The first-order valence-electron chi connectivity index (χ1n) is 7.74. The second-order valence-electron chi connectivity index (χ2n) is 6.18. The molecule has 0 fully saturated rings. The Bertz CT molecular complexity index is 542. The molecular weight excluding hydrogens is 246 g/mol. The minimum atomic E-state index is 0.558. The molecular formula is C17H27N3. The first-order chi connectivity index (χ1) is 9.58. The fraction of sp³-hybridized carbons (Fsp3) is 0.588. The number of aromatic nitrogens is 2. The topological polar surface area (TPSA) is 29.3 Å². The van der Waals surface area contributed by atoms with Gasteiger partial charge >= 0.3 is 0 Å². The van der Waals surface area contributed by atoms with Crippen molar-refractivity contribution in [3.05, 3.63) is 35.8 Å². The first kappa shape index (κ1) is 15.0. The second kappa shape index (κ2) is 6.89. The summed E-state index contributed by atoms with van der Waals surface area (Å²) >= 11 is 0. The molecule has 3 heteroatoms. The molecule has 0 aliphatic carbocycles. The highest BCUT2D eigenvalue weighted by molar-refractivity contribution is 5.42. The van der Waals surface area contributed by atoms with Crippen LogP contribution < -0.4 is 5.32 Å². The molecule has 0 radical (unpaired) electrons. The van der Waals surface area contributed by atoms with E-state index in [1.165, 1.54) is 25.0 Å². The molecule has 2 aromatic rings. The predicted octanol–water partition coefficient (Wildman–Crippen LogP) is 3.95. The zero-order valence-corrected chi connectivity index (χ0v) is 13.2. The van der Waals surface area contributed by atoms with E-state index in [0.29, 0.717) is 6.04 Å². The molecule has 0 aliphatic heterocycles. The van der Waals surface area contributed by atoms with Crippen molar-refractivity contribution in [2.75, 3.05) is 0 Å². The van der Waals surface area contributed by atoms with Crippen molar-refractivity contribution in [1.29, 1.82) is 0 Å². The number of nitrogens with zero attached hydrogens (tertiary/aromatic N) is 2.